The zero-order valence-corrected chi connectivity index (χ0v) is 16.7. The normalized spacial score (nSPS) is 17.5. The Labute approximate surface area is 182 Å². The Hall–Kier alpha value is -4.45. The van der Waals surface area contributed by atoms with Crippen LogP contribution in [0.15, 0.2) is 42.5 Å². The number of terminal acetylenes is 1. The largest absolute Gasteiger partial charge is 0.481 e. The fraction of sp³-hybridized carbons (Fsp3) is 0.174. The van der Waals surface area contributed by atoms with E-state index in [1.54, 1.807) is 24.3 Å². The molecule has 1 atom stereocenters. The number of hydrogen-bond acceptors (Lipinski definition) is 6. The summed E-state index contributed by atoms with van der Waals surface area (Å²) in [5.74, 6) is -0.124. The van der Waals surface area contributed by atoms with E-state index in [2.05, 4.69) is 16.6 Å². The van der Waals surface area contributed by atoms with E-state index in [1.165, 1.54) is 18.2 Å². The molecule has 1 saturated heterocycles. The molecule has 2 aromatic rings. The van der Waals surface area contributed by atoms with Crippen molar-refractivity contribution in [1.82, 2.24) is 10.2 Å². The van der Waals surface area contributed by atoms with Crippen LogP contribution in [0.3, 0.4) is 0 Å². The van der Waals surface area contributed by atoms with Crippen LogP contribution in [0, 0.1) is 12.3 Å². The molecule has 0 saturated carbocycles. The monoisotopic (exact) mass is 431 g/mol. The van der Waals surface area contributed by atoms with Gasteiger partial charge in [-0.15, -0.1) is 6.42 Å². The van der Waals surface area contributed by atoms with Crippen molar-refractivity contribution in [3.05, 3.63) is 59.2 Å². The minimum Gasteiger partial charge on any atom is -0.481 e. The number of carbonyl (C=O) groups is 5. The van der Waals surface area contributed by atoms with Crippen molar-refractivity contribution in [2.24, 2.45) is 0 Å². The Morgan fingerprint density at radius 3 is 2.66 bits per heavy atom. The van der Waals surface area contributed by atoms with Gasteiger partial charge < -0.3 is 10.1 Å². The number of nitrogens with one attached hydrogen (secondary N) is 2. The molecule has 160 valence electrons. The van der Waals surface area contributed by atoms with Crippen LogP contribution in [-0.4, -0.2) is 47.1 Å². The van der Waals surface area contributed by atoms with Crippen molar-refractivity contribution in [2.45, 2.75) is 18.9 Å². The van der Waals surface area contributed by atoms with Crippen LogP contribution in [0.2, 0.25) is 0 Å². The van der Waals surface area contributed by atoms with Crippen molar-refractivity contribution < 1.29 is 28.7 Å². The van der Waals surface area contributed by atoms with E-state index < -0.39 is 35.6 Å². The summed E-state index contributed by atoms with van der Waals surface area (Å²) in [5.41, 5.74) is 0.738. The second kappa shape index (κ2) is 8.35. The molecule has 2 aliphatic rings. The third kappa shape index (κ3) is 3.81. The van der Waals surface area contributed by atoms with Crippen LogP contribution in [0.1, 0.15) is 43.9 Å². The molecule has 1 unspecified atom stereocenters. The minimum atomic E-state index is -1.07. The van der Waals surface area contributed by atoms with E-state index in [1.807, 2.05) is 0 Å². The molecule has 32 heavy (non-hydrogen) atoms. The summed E-state index contributed by atoms with van der Waals surface area (Å²) in [6.45, 7) is 0.0854. The fourth-order valence-corrected chi connectivity index (χ4v) is 3.60. The van der Waals surface area contributed by atoms with Gasteiger partial charge in [0.05, 0.1) is 11.1 Å². The molecule has 2 aromatic carbocycles. The van der Waals surface area contributed by atoms with Crippen LogP contribution >= 0.6 is 0 Å². The topological polar surface area (TPSA) is 122 Å². The van der Waals surface area contributed by atoms with Crippen LogP contribution in [-0.2, 0) is 9.59 Å². The molecule has 0 radical (unpaired) electrons. The molecule has 1 fully saturated rings. The maximum atomic E-state index is 12.9. The van der Waals surface area contributed by atoms with Crippen LogP contribution in [0.5, 0.6) is 5.75 Å². The van der Waals surface area contributed by atoms with Gasteiger partial charge in [0.1, 0.15) is 18.4 Å². The number of piperidine rings is 1. The molecule has 0 spiro atoms. The molecular formula is C23H17N3O6. The van der Waals surface area contributed by atoms with Crippen molar-refractivity contribution in [3.8, 4) is 18.1 Å². The van der Waals surface area contributed by atoms with Gasteiger partial charge in [-0.3, -0.25) is 34.2 Å². The Morgan fingerprint density at radius 2 is 1.91 bits per heavy atom. The highest BCUT2D eigenvalue weighted by molar-refractivity contribution is 6.24. The summed E-state index contributed by atoms with van der Waals surface area (Å²) in [7, 11) is 0. The van der Waals surface area contributed by atoms with Crippen molar-refractivity contribution in [3.63, 3.8) is 0 Å². The molecule has 4 rings (SSSR count). The van der Waals surface area contributed by atoms with Crippen molar-refractivity contribution in [1.29, 1.82) is 0 Å². The first-order valence-electron chi connectivity index (χ1n) is 9.72. The molecule has 2 heterocycles. The number of anilines is 1. The highest BCUT2D eigenvalue weighted by Crippen LogP contribution is 2.28. The van der Waals surface area contributed by atoms with E-state index in [-0.39, 0.29) is 36.1 Å². The first-order valence-corrected chi connectivity index (χ1v) is 9.72. The predicted octanol–water partition coefficient (Wildman–Crippen LogP) is 1.35. The number of hydrogen-bond donors (Lipinski definition) is 2. The standard InChI is InChI=1S/C23H17N3O6/c1-2-10-32-15-5-3-4-14(12-15)24-20(28)13-6-7-16-17(11-13)23(31)26(22(16)30)18-8-9-19(27)25-21(18)29/h1,3-7,11-12,18H,8-10H2,(H,24,28)(H,25,27,29). The first-order chi connectivity index (χ1) is 15.4. The zero-order valence-electron chi connectivity index (χ0n) is 16.7. The molecule has 9 nitrogen and oxygen atoms in total. The zero-order chi connectivity index (χ0) is 22.8. The van der Waals surface area contributed by atoms with Gasteiger partial charge in [-0.2, -0.15) is 0 Å². The maximum Gasteiger partial charge on any atom is 0.262 e. The summed E-state index contributed by atoms with van der Waals surface area (Å²) in [5, 5.41) is 4.84. The fourth-order valence-electron chi connectivity index (χ4n) is 3.60. The SMILES string of the molecule is C#CCOc1cccc(NC(=O)c2ccc3c(c2)C(=O)N(C2CCC(=O)NC2=O)C3=O)c1. The Bertz CT molecular complexity index is 1210. The molecule has 0 bridgehead atoms. The van der Waals surface area contributed by atoms with Gasteiger partial charge in [0.15, 0.2) is 0 Å². The Morgan fingerprint density at radius 1 is 1.12 bits per heavy atom. The summed E-state index contributed by atoms with van der Waals surface area (Å²) in [6, 6.07) is 9.68. The van der Waals surface area contributed by atoms with Crippen molar-refractivity contribution >= 4 is 35.2 Å². The maximum absolute atomic E-state index is 12.9. The van der Waals surface area contributed by atoms with Crippen LogP contribution < -0.4 is 15.4 Å². The van der Waals surface area contributed by atoms with E-state index in [9.17, 15) is 24.0 Å². The molecule has 2 aliphatic heterocycles. The molecule has 0 aromatic heterocycles. The summed E-state index contributed by atoms with van der Waals surface area (Å²) >= 11 is 0. The molecular weight excluding hydrogens is 414 g/mol. The number of ether oxygens (including phenoxy) is 1. The molecule has 5 amide bonds. The third-order valence-corrected chi connectivity index (χ3v) is 5.12. The van der Waals surface area contributed by atoms with Crippen LogP contribution in [0.4, 0.5) is 5.69 Å². The highest BCUT2D eigenvalue weighted by atomic mass is 16.5. The number of benzene rings is 2. The van der Waals surface area contributed by atoms with Gasteiger partial charge in [-0.25, -0.2) is 0 Å². The quantitative estimate of drug-likeness (QED) is 0.545. The number of fused-ring (bicyclic) bond motifs is 1. The van der Waals surface area contributed by atoms with Crippen molar-refractivity contribution in [2.75, 3.05) is 11.9 Å². The molecule has 9 heteroatoms. The minimum absolute atomic E-state index is 0.0263. The number of amides is 5. The summed E-state index contributed by atoms with van der Waals surface area (Å²) in [4.78, 5) is 62.7. The average molecular weight is 431 g/mol. The van der Waals surface area contributed by atoms with Gasteiger partial charge >= 0.3 is 0 Å². The first kappa shape index (κ1) is 20.8. The second-order valence-electron chi connectivity index (χ2n) is 7.18. The van der Waals surface area contributed by atoms with Crippen LogP contribution in [0.25, 0.3) is 0 Å². The Balaban J connectivity index is 1.54. The molecule has 0 aliphatic carbocycles. The van der Waals surface area contributed by atoms with E-state index >= 15 is 0 Å². The number of rotatable bonds is 5. The lowest BCUT2D eigenvalue weighted by atomic mass is 10.0. The lowest BCUT2D eigenvalue weighted by Gasteiger charge is -2.27. The molecule has 2 N–H and O–H groups in total. The smallest absolute Gasteiger partial charge is 0.262 e. The number of carbonyl (C=O) groups excluding carboxylic acids is 5. The Kier molecular flexibility index (Phi) is 5.43. The number of imide groups is 2. The second-order valence-corrected chi connectivity index (χ2v) is 7.18. The third-order valence-electron chi connectivity index (χ3n) is 5.12. The predicted molar refractivity (Wildman–Crippen MR) is 112 cm³/mol. The van der Waals surface area contributed by atoms with Gasteiger partial charge in [-0.1, -0.05) is 12.0 Å². The number of nitrogens with zero attached hydrogens (tertiary/aromatic N) is 1. The lowest BCUT2D eigenvalue weighted by Crippen LogP contribution is -2.54. The average Bonchev–Trinajstić information content (AvgIpc) is 3.02. The van der Waals surface area contributed by atoms with Gasteiger partial charge in [0.2, 0.25) is 11.8 Å². The van der Waals surface area contributed by atoms with Gasteiger partial charge in [0.25, 0.3) is 17.7 Å². The summed E-state index contributed by atoms with van der Waals surface area (Å²) < 4.78 is 5.33. The summed E-state index contributed by atoms with van der Waals surface area (Å²) in [6.07, 6.45) is 5.26. The lowest BCUT2D eigenvalue weighted by molar-refractivity contribution is -0.136. The van der Waals surface area contributed by atoms with E-state index in [0.29, 0.717) is 11.4 Å². The van der Waals surface area contributed by atoms with E-state index in [4.69, 9.17) is 11.2 Å². The van der Waals surface area contributed by atoms with Gasteiger partial charge in [0, 0.05) is 23.7 Å². The van der Waals surface area contributed by atoms with E-state index in [0.717, 1.165) is 4.90 Å². The van der Waals surface area contributed by atoms with Gasteiger partial charge in [-0.05, 0) is 36.8 Å². The highest BCUT2D eigenvalue weighted by Gasteiger charge is 2.44.